The number of nitrogens with zero attached hydrogens (tertiary/aromatic N) is 2. The Morgan fingerprint density at radius 1 is 0.491 bits per heavy atom. The van der Waals surface area contributed by atoms with Crippen molar-refractivity contribution in [2.45, 2.75) is 141 Å². The molecule has 2 aliphatic rings. The Hall–Kier alpha value is -2.02. The first-order valence-electron chi connectivity index (χ1n) is 19.6. The van der Waals surface area contributed by atoms with Gasteiger partial charge in [-0.1, -0.05) is 209 Å². The van der Waals surface area contributed by atoms with Crippen molar-refractivity contribution in [2.24, 2.45) is 5.10 Å². The summed E-state index contributed by atoms with van der Waals surface area (Å²) in [6.45, 7) is 40.1. The van der Waals surface area contributed by atoms with E-state index in [0.29, 0.717) is 12.2 Å². The fourth-order valence-corrected chi connectivity index (χ4v) is 6.86. The van der Waals surface area contributed by atoms with Crippen molar-refractivity contribution in [3.8, 4) is 0 Å². The minimum atomic E-state index is -0.333. The Morgan fingerprint density at radius 2 is 0.800 bits per heavy atom. The molecule has 2 saturated carbocycles. The number of hydrogen-bond acceptors (Lipinski definition) is 1. The van der Waals surface area contributed by atoms with Crippen molar-refractivity contribution in [1.29, 1.82) is 0 Å². The fraction of sp³-hybridized carbons (Fsp3) is 0.431. The van der Waals surface area contributed by atoms with Crippen LogP contribution in [-0.2, 0) is 16.2 Å². The van der Waals surface area contributed by atoms with Crippen LogP contribution in [0.5, 0.6) is 0 Å². The number of hydrogen-bond donors (Lipinski definition) is 0. The molecule has 3 nitrogen and oxygen atoms in total. The average molecular weight is 962 g/mol. The molecule has 0 bridgehead atoms. The van der Waals surface area contributed by atoms with Gasteiger partial charge in [0.1, 0.15) is 0 Å². The van der Waals surface area contributed by atoms with Crippen LogP contribution < -0.4 is 0 Å². The summed E-state index contributed by atoms with van der Waals surface area (Å²) in [5.74, 6) is 14.7. The van der Waals surface area contributed by atoms with Crippen LogP contribution in [0.3, 0.4) is 0 Å². The largest absolute Gasteiger partial charge is 2.00 e. The zero-order chi connectivity index (χ0) is 40.9. The summed E-state index contributed by atoms with van der Waals surface area (Å²) < 4.78 is 0. The molecule has 2 aliphatic carbocycles. The number of rotatable bonds is 6. The molecular formula is C51H69N3U. The summed E-state index contributed by atoms with van der Waals surface area (Å²) in [7, 11) is 0. The fourth-order valence-electron chi connectivity index (χ4n) is 6.86. The van der Waals surface area contributed by atoms with Gasteiger partial charge in [0.05, 0.1) is 5.71 Å². The van der Waals surface area contributed by atoms with Gasteiger partial charge in [-0.2, -0.15) is 0 Å². The topological polar surface area (TPSA) is 50.3 Å². The molecule has 0 aromatic heterocycles. The van der Waals surface area contributed by atoms with E-state index in [4.69, 9.17) is 16.3 Å². The molecule has 5 rings (SSSR count). The molecule has 3 aromatic rings. The zero-order valence-electron chi connectivity index (χ0n) is 37.5. The molecule has 0 saturated heterocycles. The van der Waals surface area contributed by atoms with E-state index in [-0.39, 0.29) is 47.4 Å². The van der Waals surface area contributed by atoms with Crippen molar-refractivity contribution < 1.29 is 31.1 Å². The van der Waals surface area contributed by atoms with Crippen LogP contribution in [0, 0.1) is 90.3 Å². The van der Waals surface area contributed by atoms with E-state index >= 15 is 0 Å². The first-order chi connectivity index (χ1) is 24.9. The van der Waals surface area contributed by atoms with Crippen molar-refractivity contribution in [2.75, 3.05) is 6.54 Å². The van der Waals surface area contributed by atoms with Gasteiger partial charge in [0.2, 0.25) is 0 Å². The summed E-state index contributed by atoms with van der Waals surface area (Å²) in [5.41, 5.74) is 20.3. The first kappa shape index (κ1) is 49.1. The van der Waals surface area contributed by atoms with Crippen molar-refractivity contribution >= 4 is 11.4 Å². The Labute approximate surface area is 363 Å². The molecule has 4 heteroatoms. The maximum Gasteiger partial charge on any atom is 2.00 e. The Morgan fingerprint density at radius 3 is 1.09 bits per heavy atom. The van der Waals surface area contributed by atoms with Crippen LogP contribution in [0.25, 0.3) is 11.2 Å². The van der Waals surface area contributed by atoms with Gasteiger partial charge in [-0.25, -0.2) is 0 Å². The predicted molar refractivity (Wildman–Crippen MR) is 237 cm³/mol. The van der Waals surface area contributed by atoms with Gasteiger partial charge in [-0.05, 0) is 92.1 Å². The molecule has 2 fully saturated rings. The van der Waals surface area contributed by atoms with E-state index in [1.807, 2.05) is 36.4 Å². The summed E-state index contributed by atoms with van der Waals surface area (Å²) >= 11 is 0. The third kappa shape index (κ3) is 12.2. The minimum Gasteiger partial charge on any atom is -0.698 e. The van der Waals surface area contributed by atoms with Crippen LogP contribution >= 0.6 is 0 Å². The number of benzene rings is 3. The van der Waals surface area contributed by atoms with Crippen LogP contribution in [0.1, 0.15) is 152 Å². The van der Waals surface area contributed by atoms with Gasteiger partial charge < -0.3 is 16.3 Å². The summed E-state index contributed by atoms with van der Waals surface area (Å²) in [5, 5.41) is 4.73. The van der Waals surface area contributed by atoms with Gasteiger partial charge in [-0.3, -0.25) is 0 Å². The van der Waals surface area contributed by atoms with Crippen LogP contribution in [0.15, 0.2) is 77.9 Å². The van der Waals surface area contributed by atoms with E-state index in [0.717, 1.165) is 28.0 Å². The summed E-state index contributed by atoms with van der Waals surface area (Å²) in [6.07, 6.45) is 0. The van der Waals surface area contributed by atoms with E-state index in [9.17, 15) is 0 Å². The van der Waals surface area contributed by atoms with Crippen LogP contribution in [0.4, 0.5) is 5.69 Å². The van der Waals surface area contributed by atoms with Gasteiger partial charge in [0.15, 0.2) is 0 Å². The smallest absolute Gasteiger partial charge is 0.698 e. The molecular weight excluding hydrogens is 893 g/mol. The third-order valence-electron chi connectivity index (χ3n) is 11.9. The van der Waals surface area contributed by atoms with Crippen LogP contribution in [0.2, 0.25) is 0 Å². The predicted octanol–water partition coefficient (Wildman–Crippen LogP) is 15.0. The molecule has 55 heavy (non-hydrogen) atoms. The summed E-state index contributed by atoms with van der Waals surface area (Å²) in [6, 6.07) is 24.8. The second kappa shape index (κ2) is 20.1. The van der Waals surface area contributed by atoms with Crippen molar-refractivity contribution in [1.82, 2.24) is 0 Å². The van der Waals surface area contributed by atoms with E-state index < -0.39 is 0 Å². The number of nitrogens with one attached hydrogen (secondary N) is 1. The molecule has 0 spiro atoms. The molecule has 0 amide bonds. The second-order valence-electron chi connectivity index (χ2n) is 18.1. The molecule has 0 aliphatic heterocycles. The average Bonchev–Trinajstić information content (AvgIpc) is 3.39. The van der Waals surface area contributed by atoms with Gasteiger partial charge in [0.25, 0.3) is 0 Å². The minimum absolute atomic E-state index is 0. The monoisotopic (exact) mass is 962 g/mol. The van der Waals surface area contributed by atoms with E-state index in [1.54, 1.807) is 0 Å². The standard InChI is InChI=1S/C31H39N3.2C10H15.U/c1-29(2,3)24-19-25(30(4,5)6)27(32)26(20-24)31(7,8)21-33-34-28(22-15-11-9-12-16-22)23-17-13-10-14-18-23;2*1-6-7(2)9(4)10(5)8(6)3;/h9-20,32H,21H2,1-8H3;2*1-5H3;/q-2;;;+2. The summed E-state index contributed by atoms with van der Waals surface area (Å²) in [4.78, 5) is 0. The molecule has 3 aromatic carbocycles. The van der Waals surface area contributed by atoms with Gasteiger partial charge in [0, 0.05) is 0 Å². The van der Waals surface area contributed by atoms with Gasteiger partial charge >= 0.3 is 31.1 Å². The van der Waals surface area contributed by atoms with E-state index in [2.05, 4.69) is 161 Å². The SMILES string of the molecule is CC(C)(C)c1cc(C(C)(C)C)c([NH-])c(C(C)(C)C[N-]N=C(c2ccccc2)c2ccccc2)c1.C[C]1[C](C)[C](C)[C](C)[C]1C.C[C]1[C](C)[C](C)[C](C)[C]1C.[U+2]. The zero-order valence-corrected chi connectivity index (χ0v) is 41.7. The Kier molecular flexibility index (Phi) is 18.0. The first-order valence-corrected chi connectivity index (χ1v) is 19.6. The normalized spacial score (nSPS) is 18.0. The Bertz CT molecular complexity index is 1470. The molecule has 0 heterocycles. The quantitative estimate of drug-likeness (QED) is 0.175. The van der Waals surface area contributed by atoms with Crippen LogP contribution in [-0.4, -0.2) is 12.3 Å². The maximum atomic E-state index is 9.07. The molecule has 1 N–H and O–H groups in total. The maximum absolute atomic E-state index is 9.07. The molecule has 0 unspecified atom stereocenters. The molecule has 10 radical (unpaired) electrons. The third-order valence-corrected chi connectivity index (χ3v) is 11.9. The van der Waals surface area contributed by atoms with Gasteiger partial charge in [-0.15, -0.1) is 12.2 Å². The van der Waals surface area contributed by atoms with Crippen molar-refractivity contribution in [3.63, 3.8) is 0 Å². The van der Waals surface area contributed by atoms with Crippen molar-refractivity contribution in [3.05, 3.63) is 171 Å². The molecule has 292 valence electrons. The second-order valence-corrected chi connectivity index (χ2v) is 18.1. The Balaban J connectivity index is 0.000000403. The van der Waals surface area contributed by atoms with E-state index in [1.165, 1.54) is 64.7 Å². The molecule has 0 atom stereocenters.